The van der Waals surface area contributed by atoms with E-state index in [0.717, 1.165) is 26.5 Å². The molecule has 0 amide bonds. The number of aromatic nitrogens is 6. The number of ether oxygens (including phenoxy) is 1. The number of nitrogens with zero attached hydrogens (tertiary/aromatic N) is 6. The minimum atomic E-state index is 0.571. The molecular formula is C15H13N7OS2. The second-order valence-corrected chi connectivity index (χ2v) is 7.28. The van der Waals surface area contributed by atoms with E-state index in [2.05, 4.69) is 30.6 Å². The largest absolute Gasteiger partial charge is 0.497 e. The van der Waals surface area contributed by atoms with E-state index in [4.69, 9.17) is 4.74 Å². The number of fused-ring (bicyclic) bond motifs is 1. The van der Waals surface area contributed by atoms with E-state index in [1.807, 2.05) is 37.3 Å². The Morgan fingerprint density at radius 2 is 2.16 bits per heavy atom. The number of methoxy groups -OCH3 is 1. The van der Waals surface area contributed by atoms with E-state index >= 15 is 0 Å². The van der Waals surface area contributed by atoms with Crippen molar-refractivity contribution in [1.29, 1.82) is 0 Å². The molecule has 3 heterocycles. The number of nitrogens with one attached hydrogen (secondary N) is 1. The summed E-state index contributed by atoms with van der Waals surface area (Å²) in [5.41, 5.74) is 1.77. The van der Waals surface area contributed by atoms with Crippen molar-refractivity contribution >= 4 is 39.7 Å². The van der Waals surface area contributed by atoms with E-state index in [1.165, 1.54) is 29.4 Å². The zero-order valence-electron chi connectivity index (χ0n) is 13.4. The molecule has 0 atom stereocenters. The van der Waals surface area contributed by atoms with Gasteiger partial charge in [-0.05, 0) is 36.9 Å². The molecular weight excluding hydrogens is 358 g/mol. The Hall–Kier alpha value is -2.72. The van der Waals surface area contributed by atoms with Crippen LogP contribution in [-0.2, 0) is 0 Å². The highest BCUT2D eigenvalue weighted by molar-refractivity contribution is 8.01. The highest BCUT2D eigenvalue weighted by Gasteiger charge is 2.11. The van der Waals surface area contributed by atoms with Gasteiger partial charge in [0.1, 0.15) is 17.1 Å². The van der Waals surface area contributed by atoms with Gasteiger partial charge in [-0.25, -0.2) is 4.98 Å². The fraction of sp³-hybridized carbons (Fsp3) is 0.133. The molecule has 1 N–H and O–H groups in total. The fourth-order valence-electron chi connectivity index (χ4n) is 2.18. The third-order valence-electron chi connectivity index (χ3n) is 3.27. The molecule has 4 aromatic rings. The van der Waals surface area contributed by atoms with Crippen LogP contribution >= 0.6 is 23.1 Å². The molecule has 0 saturated heterocycles. The lowest BCUT2D eigenvalue weighted by atomic mass is 10.3. The van der Waals surface area contributed by atoms with E-state index in [1.54, 1.807) is 11.6 Å². The summed E-state index contributed by atoms with van der Waals surface area (Å²) in [5, 5.41) is 17.4. The number of hydrogen-bond donors (Lipinski definition) is 1. The molecule has 10 heteroatoms. The maximum absolute atomic E-state index is 5.22. The second-order valence-electron chi connectivity index (χ2n) is 5.04. The molecule has 0 fully saturated rings. The summed E-state index contributed by atoms with van der Waals surface area (Å²) in [6.45, 7) is 1.93. The van der Waals surface area contributed by atoms with Gasteiger partial charge in [0.15, 0.2) is 4.34 Å². The summed E-state index contributed by atoms with van der Waals surface area (Å²) < 4.78 is 7.71. The Morgan fingerprint density at radius 1 is 1.24 bits per heavy atom. The Balaban J connectivity index is 1.55. The third kappa shape index (κ3) is 3.39. The van der Waals surface area contributed by atoms with Gasteiger partial charge in [-0.15, -0.1) is 10.2 Å². The summed E-state index contributed by atoms with van der Waals surface area (Å²) in [6.07, 6.45) is 1.49. The van der Waals surface area contributed by atoms with Crippen LogP contribution in [0.25, 0.3) is 5.78 Å². The SMILES string of the molecule is COc1cccc(Nc2nnc(Sc3cc(C)nc4ncnn34)s2)c1. The van der Waals surface area contributed by atoms with Gasteiger partial charge in [0.25, 0.3) is 5.78 Å². The number of rotatable bonds is 5. The van der Waals surface area contributed by atoms with Crippen molar-refractivity contribution in [2.45, 2.75) is 16.3 Å². The minimum absolute atomic E-state index is 0.571. The van der Waals surface area contributed by atoms with Gasteiger partial charge in [0.2, 0.25) is 5.13 Å². The van der Waals surface area contributed by atoms with Gasteiger partial charge in [0.05, 0.1) is 7.11 Å². The van der Waals surface area contributed by atoms with Crippen LogP contribution in [0.5, 0.6) is 5.75 Å². The minimum Gasteiger partial charge on any atom is -0.497 e. The maximum Gasteiger partial charge on any atom is 0.253 e. The Morgan fingerprint density at radius 3 is 3.04 bits per heavy atom. The fourth-order valence-corrected chi connectivity index (χ4v) is 4.05. The van der Waals surface area contributed by atoms with Gasteiger partial charge in [0, 0.05) is 17.4 Å². The predicted octanol–water partition coefficient (Wildman–Crippen LogP) is 3.19. The van der Waals surface area contributed by atoms with Gasteiger partial charge in [-0.3, -0.25) is 0 Å². The molecule has 0 aliphatic carbocycles. The highest BCUT2D eigenvalue weighted by atomic mass is 32.2. The lowest BCUT2D eigenvalue weighted by Gasteiger charge is -2.04. The summed E-state index contributed by atoms with van der Waals surface area (Å²) in [5.74, 6) is 1.35. The first-order chi connectivity index (χ1) is 12.2. The molecule has 126 valence electrons. The maximum atomic E-state index is 5.22. The van der Waals surface area contributed by atoms with Crippen LogP contribution in [0.1, 0.15) is 5.69 Å². The molecule has 0 saturated carbocycles. The first-order valence-electron chi connectivity index (χ1n) is 7.31. The van der Waals surface area contributed by atoms with Crippen LogP contribution in [-0.4, -0.2) is 36.9 Å². The second kappa shape index (κ2) is 6.65. The third-order valence-corrected chi connectivity index (χ3v) is 5.16. The van der Waals surface area contributed by atoms with E-state index in [0.29, 0.717) is 10.9 Å². The smallest absolute Gasteiger partial charge is 0.253 e. The summed E-state index contributed by atoms with van der Waals surface area (Å²) in [4.78, 5) is 8.46. The van der Waals surface area contributed by atoms with Crippen LogP contribution in [0, 0.1) is 6.92 Å². The average molecular weight is 371 g/mol. The standard InChI is InChI=1S/C15H13N7OS2/c1-9-6-12(22-13(18-9)16-8-17-22)24-15-21-20-14(25-15)19-10-4-3-5-11(7-10)23-2/h3-8H,1-2H3,(H,19,20). The summed E-state index contributed by atoms with van der Waals surface area (Å²) in [6, 6.07) is 9.60. The molecule has 0 spiro atoms. The molecule has 1 aromatic carbocycles. The number of benzene rings is 1. The predicted molar refractivity (Wildman–Crippen MR) is 95.8 cm³/mol. The van der Waals surface area contributed by atoms with Crippen LogP contribution < -0.4 is 10.1 Å². The van der Waals surface area contributed by atoms with E-state index in [-0.39, 0.29) is 0 Å². The Kier molecular flexibility index (Phi) is 4.20. The number of anilines is 2. The molecule has 4 rings (SSSR count). The summed E-state index contributed by atoms with van der Waals surface area (Å²) in [7, 11) is 1.64. The van der Waals surface area contributed by atoms with Crippen LogP contribution in [0.2, 0.25) is 0 Å². The van der Waals surface area contributed by atoms with Crippen molar-refractivity contribution in [2.75, 3.05) is 12.4 Å². The molecule has 0 bridgehead atoms. The van der Waals surface area contributed by atoms with Crippen LogP contribution in [0.15, 0.2) is 46.0 Å². The monoisotopic (exact) mass is 371 g/mol. The van der Waals surface area contributed by atoms with Crippen molar-refractivity contribution in [3.05, 3.63) is 42.4 Å². The van der Waals surface area contributed by atoms with Gasteiger partial charge < -0.3 is 10.1 Å². The van der Waals surface area contributed by atoms with E-state index in [9.17, 15) is 0 Å². The van der Waals surface area contributed by atoms with Crippen molar-refractivity contribution in [3.63, 3.8) is 0 Å². The normalized spacial score (nSPS) is 11.0. The van der Waals surface area contributed by atoms with Crippen LogP contribution in [0.3, 0.4) is 0 Å². The lowest BCUT2D eigenvalue weighted by molar-refractivity contribution is 0.415. The molecule has 8 nitrogen and oxygen atoms in total. The topological polar surface area (TPSA) is 90.1 Å². The molecule has 3 aromatic heterocycles. The molecule has 0 aliphatic heterocycles. The van der Waals surface area contributed by atoms with Gasteiger partial charge in [-0.1, -0.05) is 17.4 Å². The van der Waals surface area contributed by atoms with E-state index < -0.39 is 0 Å². The zero-order valence-corrected chi connectivity index (χ0v) is 15.0. The number of aryl methyl sites for hydroxylation is 1. The van der Waals surface area contributed by atoms with Crippen molar-refractivity contribution < 1.29 is 4.74 Å². The molecule has 0 unspecified atom stereocenters. The lowest BCUT2D eigenvalue weighted by Crippen LogP contribution is -1.96. The first kappa shape index (κ1) is 15.8. The number of hydrogen-bond acceptors (Lipinski definition) is 9. The van der Waals surface area contributed by atoms with Crippen molar-refractivity contribution in [2.24, 2.45) is 0 Å². The van der Waals surface area contributed by atoms with Gasteiger partial charge >= 0.3 is 0 Å². The first-order valence-corrected chi connectivity index (χ1v) is 8.94. The zero-order chi connectivity index (χ0) is 17.2. The van der Waals surface area contributed by atoms with Crippen molar-refractivity contribution in [1.82, 2.24) is 29.8 Å². The van der Waals surface area contributed by atoms with Gasteiger partial charge in [-0.2, -0.15) is 14.6 Å². The average Bonchev–Trinajstić information content (AvgIpc) is 3.24. The Bertz CT molecular complexity index is 1030. The summed E-state index contributed by atoms with van der Waals surface area (Å²) >= 11 is 2.94. The quantitative estimate of drug-likeness (QED) is 0.535. The Labute approximate surface area is 151 Å². The van der Waals surface area contributed by atoms with Crippen molar-refractivity contribution in [3.8, 4) is 5.75 Å². The van der Waals surface area contributed by atoms with Crippen LogP contribution in [0.4, 0.5) is 10.8 Å². The molecule has 0 radical (unpaired) electrons. The molecule has 0 aliphatic rings. The molecule has 25 heavy (non-hydrogen) atoms. The highest BCUT2D eigenvalue weighted by Crippen LogP contribution is 2.33.